The highest BCUT2D eigenvalue weighted by molar-refractivity contribution is 7.92. The van der Waals surface area contributed by atoms with Crippen LogP contribution in [0.4, 0.5) is 0 Å². The number of hydrogen-bond acceptors (Lipinski definition) is 7. The quantitative estimate of drug-likeness (QED) is 0.320. The third-order valence-electron chi connectivity index (χ3n) is 6.60. The molecular formula is C27H28N2O7S. The fourth-order valence-corrected chi connectivity index (χ4v) is 6.65. The van der Waals surface area contributed by atoms with Gasteiger partial charge in [0.05, 0.1) is 12.2 Å². The number of nitrogens with zero attached hydrogens (tertiary/aromatic N) is 1. The first kappa shape index (κ1) is 26.3. The van der Waals surface area contributed by atoms with Gasteiger partial charge in [0, 0.05) is 13.1 Å². The average molecular weight is 525 g/mol. The molecule has 10 heteroatoms. The van der Waals surface area contributed by atoms with Gasteiger partial charge in [-0.1, -0.05) is 60.7 Å². The zero-order valence-corrected chi connectivity index (χ0v) is 20.8. The molecule has 4 rings (SSSR count). The molecule has 1 aliphatic heterocycles. The molecule has 1 fully saturated rings. The Morgan fingerprint density at radius 1 is 0.919 bits per heavy atom. The number of hydroxylamine groups is 1. The topological polar surface area (TPSA) is 133 Å². The number of para-hydroxylation sites is 1. The summed E-state index contributed by atoms with van der Waals surface area (Å²) in [5.74, 6) is -0.808. The predicted molar refractivity (Wildman–Crippen MR) is 136 cm³/mol. The largest absolute Gasteiger partial charge is 0.457 e. The van der Waals surface area contributed by atoms with Crippen LogP contribution < -0.4 is 10.2 Å². The summed E-state index contributed by atoms with van der Waals surface area (Å²) >= 11 is 0. The number of hydrogen-bond donors (Lipinski definition) is 3. The Bertz CT molecular complexity index is 1330. The number of nitrogens with one attached hydrogen (secondary N) is 1. The van der Waals surface area contributed by atoms with E-state index >= 15 is 0 Å². The van der Waals surface area contributed by atoms with E-state index in [1.807, 2.05) is 18.2 Å². The molecule has 1 saturated heterocycles. The van der Waals surface area contributed by atoms with Gasteiger partial charge in [-0.05, 0) is 41.8 Å². The molecule has 3 aromatic rings. The van der Waals surface area contributed by atoms with Crippen molar-refractivity contribution < 1.29 is 33.1 Å². The number of carbonyl (C=O) groups is 2. The minimum atomic E-state index is -4.00. The molecule has 3 N–H and O–H groups in total. The van der Waals surface area contributed by atoms with Gasteiger partial charge in [0.15, 0.2) is 15.9 Å². The Hall–Kier alpha value is -3.73. The standard InChI is InChI=1S/C27H28N2O7S/c30-24(28-33)19-27(21-11-13-23(14-12-21)36-22-9-5-2-6-10-22)15-16-29(17-18-37(27,34)35)26(32)25(31)20-7-3-1-4-8-20/h1-14,25,31,33H,15-19H2,(H,28,30)/t25-,27?/m0/s1. The second-order valence-electron chi connectivity index (χ2n) is 8.85. The average Bonchev–Trinajstić information content (AvgIpc) is 3.05. The lowest BCUT2D eigenvalue weighted by atomic mass is 9.90. The second kappa shape index (κ2) is 11.1. The van der Waals surface area contributed by atoms with E-state index in [2.05, 4.69) is 0 Å². The molecule has 2 atom stereocenters. The zero-order chi connectivity index (χ0) is 26.5. The molecule has 0 saturated carbocycles. The van der Waals surface area contributed by atoms with Crippen molar-refractivity contribution in [2.75, 3.05) is 18.8 Å². The summed E-state index contributed by atoms with van der Waals surface area (Å²) in [7, 11) is -4.00. The van der Waals surface area contributed by atoms with Crippen molar-refractivity contribution in [2.45, 2.75) is 23.7 Å². The van der Waals surface area contributed by atoms with E-state index in [1.165, 1.54) is 10.4 Å². The molecule has 0 aliphatic carbocycles. The molecule has 37 heavy (non-hydrogen) atoms. The smallest absolute Gasteiger partial charge is 0.256 e. The van der Waals surface area contributed by atoms with Crippen molar-refractivity contribution >= 4 is 21.7 Å². The minimum absolute atomic E-state index is 0.0110. The first-order chi connectivity index (χ1) is 17.8. The fraction of sp³-hybridized carbons (Fsp3) is 0.259. The third-order valence-corrected chi connectivity index (χ3v) is 9.10. The molecule has 194 valence electrons. The van der Waals surface area contributed by atoms with E-state index < -0.39 is 44.7 Å². The molecule has 1 aliphatic rings. The van der Waals surface area contributed by atoms with Gasteiger partial charge in [-0.3, -0.25) is 14.8 Å². The molecule has 0 radical (unpaired) electrons. The van der Waals surface area contributed by atoms with Gasteiger partial charge >= 0.3 is 0 Å². The maximum absolute atomic E-state index is 13.7. The molecule has 9 nitrogen and oxygen atoms in total. The summed E-state index contributed by atoms with van der Waals surface area (Å²) in [6, 6.07) is 23.9. The normalized spacial score (nSPS) is 19.9. The molecular weight excluding hydrogens is 496 g/mol. The number of carbonyl (C=O) groups excluding carboxylic acids is 2. The van der Waals surface area contributed by atoms with Gasteiger partial charge in [-0.15, -0.1) is 0 Å². The number of rotatable bonds is 7. The lowest BCUT2D eigenvalue weighted by Gasteiger charge is -2.32. The number of benzene rings is 3. The van der Waals surface area contributed by atoms with Crippen LogP contribution in [0.1, 0.15) is 30.1 Å². The molecule has 3 aromatic carbocycles. The van der Waals surface area contributed by atoms with Crippen LogP contribution in [0.15, 0.2) is 84.9 Å². The van der Waals surface area contributed by atoms with E-state index in [9.17, 15) is 28.3 Å². The highest BCUT2D eigenvalue weighted by Crippen LogP contribution is 2.41. The van der Waals surface area contributed by atoms with Crippen molar-refractivity contribution in [3.63, 3.8) is 0 Å². The summed E-state index contributed by atoms with van der Waals surface area (Å²) in [5, 5.41) is 19.8. The lowest BCUT2D eigenvalue weighted by Crippen LogP contribution is -2.42. The summed E-state index contributed by atoms with van der Waals surface area (Å²) < 4.78 is 31.4. The molecule has 0 aromatic heterocycles. The third kappa shape index (κ3) is 5.66. The summed E-state index contributed by atoms with van der Waals surface area (Å²) in [6.07, 6.45) is -2.07. The maximum Gasteiger partial charge on any atom is 0.256 e. The van der Waals surface area contributed by atoms with E-state index in [0.717, 1.165) is 0 Å². The number of ether oxygens (including phenoxy) is 1. The number of aliphatic hydroxyl groups excluding tert-OH is 1. The molecule has 1 heterocycles. The van der Waals surface area contributed by atoms with Crippen molar-refractivity contribution in [1.82, 2.24) is 10.4 Å². The summed E-state index contributed by atoms with van der Waals surface area (Å²) in [4.78, 5) is 26.7. The van der Waals surface area contributed by atoms with E-state index in [0.29, 0.717) is 22.6 Å². The highest BCUT2D eigenvalue weighted by atomic mass is 32.2. The van der Waals surface area contributed by atoms with Gasteiger partial charge in [0.25, 0.3) is 5.91 Å². The van der Waals surface area contributed by atoms with Crippen molar-refractivity contribution in [2.24, 2.45) is 0 Å². The first-order valence-corrected chi connectivity index (χ1v) is 13.4. The Balaban J connectivity index is 1.63. The summed E-state index contributed by atoms with van der Waals surface area (Å²) in [6.45, 7) is -0.147. The Kier molecular flexibility index (Phi) is 7.91. The van der Waals surface area contributed by atoms with Gasteiger partial charge in [0.2, 0.25) is 5.91 Å². The van der Waals surface area contributed by atoms with E-state index in [4.69, 9.17) is 4.74 Å². The number of aliphatic hydroxyl groups is 1. The number of sulfone groups is 1. The summed E-state index contributed by atoms with van der Waals surface area (Å²) in [5.41, 5.74) is 2.28. The van der Waals surface area contributed by atoms with E-state index in [1.54, 1.807) is 66.7 Å². The van der Waals surface area contributed by atoms with Crippen LogP contribution in [-0.4, -0.2) is 54.3 Å². The van der Waals surface area contributed by atoms with E-state index in [-0.39, 0.29) is 19.5 Å². The van der Waals surface area contributed by atoms with Crippen LogP contribution in [0.5, 0.6) is 11.5 Å². The Labute approximate surface area is 215 Å². The second-order valence-corrected chi connectivity index (χ2v) is 11.3. The molecule has 0 spiro atoms. The van der Waals surface area contributed by atoms with Crippen molar-refractivity contribution in [3.05, 3.63) is 96.1 Å². The maximum atomic E-state index is 13.7. The fourth-order valence-electron chi connectivity index (χ4n) is 4.55. The van der Waals surface area contributed by atoms with Gasteiger partial charge < -0.3 is 14.7 Å². The molecule has 1 unspecified atom stereocenters. The first-order valence-electron chi connectivity index (χ1n) is 11.8. The van der Waals surface area contributed by atoms with Crippen LogP contribution in [0.2, 0.25) is 0 Å². The highest BCUT2D eigenvalue weighted by Gasteiger charge is 2.49. The number of amides is 2. The minimum Gasteiger partial charge on any atom is -0.457 e. The van der Waals surface area contributed by atoms with Crippen LogP contribution in [-0.2, 0) is 24.2 Å². The molecule has 0 bridgehead atoms. The lowest BCUT2D eigenvalue weighted by molar-refractivity contribution is -0.140. The zero-order valence-electron chi connectivity index (χ0n) is 20.0. The van der Waals surface area contributed by atoms with Crippen LogP contribution in [0.25, 0.3) is 0 Å². The van der Waals surface area contributed by atoms with Gasteiger partial charge in [0.1, 0.15) is 16.2 Å². The predicted octanol–water partition coefficient (Wildman–Crippen LogP) is 2.95. The van der Waals surface area contributed by atoms with Crippen LogP contribution in [0.3, 0.4) is 0 Å². The van der Waals surface area contributed by atoms with Crippen molar-refractivity contribution in [1.29, 1.82) is 0 Å². The van der Waals surface area contributed by atoms with Gasteiger partial charge in [-0.2, -0.15) is 0 Å². The van der Waals surface area contributed by atoms with Crippen molar-refractivity contribution in [3.8, 4) is 11.5 Å². The molecule has 2 amide bonds. The SMILES string of the molecule is O=C(CC1(c2ccc(Oc3ccccc3)cc2)CCN(C(=O)[C@@H](O)c2ccccc2)CCS1(=O)=O)NO. The van der Waals surface area contributed by atoms with Crippen LogP contribution in [0, 0.1) is 0 Å². The Morgan fingerprint density at radius 2 is 1.51 bits per heavy atom. The monoisotopic (exact) mass is 524 g/mol. The van der Waals surface area contributed by atoms with Gasteiger partial charge in [-0.25, -0.2) is 13.9 Å². The Morgan fingerprint density at radius 3 is 2.14 bits per heavy atom. The van der Waals surface area contributed by atoms with Crippen LogP contribution >= 0.6 is 0 Å².